The first-order valence-corrected chi connectivity index (χ1v) is 4.45. The molecule has 2 N–H and O–H groups in total. The maximum absolute atomic E-state index is 11.6. The summed E-state index contributed by atoms with van der Waals surface area (Å²) in [6.45, 7) is 7.96. The molecule has 0 aromatic rings. The second-order valence-electron chi connectivity index (χ2n) is 3.36. The van der Waals surface area contributed by atoms with Crippen LogP contribution in [0, 0.1) is 5.92 Å². The van der Waals surface area contributed by atoms with Crippen molar-refractivity contribution in [2.75, 3.05) is 13.1 Å². The van der Waals surface area contributed by atoms with Crippen LogP contribution in [0.3, 0.4) is 0 Å². The Balaban J connectivity index is 0.00000196. The average molecular weight is 231 g/mol. The number of halogens is 1. The van der Waals surface area contributed by atoms with E-state index in [4.69, 9.17) is 5.73 Å². The lowest BCUT2D eigenvalue weighted by atomic mass is 10.1. The molecule has 2 amide bonds. The second-order valence-corrected chi connectivity index (χ2v) is 3.36. The van der Waals surface area contributed by atoms with Crippen LogP contribution in [0.2, 0.25) is 0 Å². The fourth-order valence-electron chi connectivity index (χ4n) is 1.45. The minimum Gasteiger partial charge on any atom is -0.366 e. The van der Waals surface area contributed by atoms with Gasteiger partial charge in [-0.15, -0.1) is 19.0 Å². The van der Waals surface area contributed by atoms with Gasteiger partial charge in [0.05, 0.1) is 12.5 Å². The Hall–Kier alpha value is -1.29. The van der Waals surface area contributed by atoms with Gasteiger partial charge in [-0.2, -0.15) is 0 Å². The van der Waals surface area contributed by atoms with Crippen molar-refractivity contribution in [3.63, 3.8) is 0 Å². The highest BCUT2D eigenvalue weighted by Crippen LogP contribution is 2.19. The number of nitrogens with two attached hydrogens (primary N) is 1. The summed E-state index contributed by atoms with van der Waals surface area (Å²) in [6, 6.07) is 0. The number of nitrogens with zero attached hydrogens (tertiary/aromatic N) is 1. The molecule has 1 unspecified atom stereocenters. The third kappa shape index (κ3) is 3.09. The van der Waals surface area contributed by atoms with Crippen LogP contribution < -0.4 is 5.73 Å². The van der Waals surface area contributed by atoms with E-state index in [2.05, 4.69) is 13.2 Å². The summed E-state index contributed by atoms with van der Waals surface area (Å²) in [5, 5.41) is 0. The lowest BCUT2D eigenvalue weighted by Gasteiger charge is -2.15. The van der Waals surface area contributed by atoms with Crippen LogP contribution in [-0.4, -0.2) is 29.8 Å². The van der Waals surface area contributed by atoms with Gasteiger partial charge in [0, 0.05) is 12.1 Å². The van der Waals surface area contributed by atoms with E-state index in [1.165, 1.54) is 0 Å². The fourth-order valence-corrected chi connectivity index (χ4v) is 1.45. The highest BCUT2D eigenvalue weighted by atomic mass is 35.5. The van der Waals surface area contributed by atoms with Crippen molar-refractivity contribution in [1.29, 1.82) is 0 Å². The van der Waals surface area contributed by atoms with Crippen molar-refractivity contribution in [3.8, 4) is 0 Å². The molecule has 0 saturated carbocycles. The second kappa shape index (κ2) is 5.56. The van der Waals surface area contributed by atoms with Gasteiger partial charge >= 0.3 is 0 Å². The lowest BCUT2D eigenvalue weighted by Crippen LogP contribution is -2.32. The number of hydrogen-bond acceptors (Lipinski definition) is 2. The summed E-state index contributed by atoms with van der Waals surface area (Å²) in [6.07, 6.45) is 2.39. The number of carbonyl (C=O) groups excluding carboxylic acids is 2. The Morgan fingerprint density at radius 2 is 2.27 bits per heavy atom. The van der Waals surface area contributed by atoms with E-state index < -0.39 is 5.91 Å². The monoisotopic (exact) mass is 230 g/mol. The summed E-state index contributed by atoms with van der Waals surface area (Å²) in [4.78, 5) is 23.8. The van der Waals surface area contributed by atoms with E-state index in [9.17, 15) is 9.59 Å². The number of hydrogen-bond donors (Lipinski definition) is 1. The molecule has 0 aliphatic carbocycles. The first kappa shape index (κ1) is 13.7. The van der Waals surface area contributed by atoms with E-state index in [1.807, 2.05) is 0 Å². The SMILES string of the molecule is C=CC1CCN(CC(=C)C(N)=O)C1=O.Cl. The molecule has 1 aliphatic heterocycles. The number of primary amides is 1. The first-order chi connectivity index (χ1) is 6.56. The van der Waals surface area contributed by atoms with E-state index in [1.54, 1.807) is 11.0 Å². The zero-order valence-corrected chi connectivity index (χ0v) is 9.26. The van der Waals surface area contributed by atoms with Crippen LogP contribution >= 0.6 is 12.4 Å². The van der Waals surface area contributed by atoms with Crippen LogP contribution in [0.25, 0.3) is 0 Å². The third-order valence-electron chi connectivity index (χ3n) is 2.35. The van der Waals surface area contributed by atoms with Crippen molar-refractivity contribution in [3.05, 3.63) is 24.8 Å². The standard InChI is InChI=1S/C10H14N2O2.ClH/c1-3-8-4-5-12(10(8)14)6-7(2)9(11)13;/h3,8H,1-2,4-6H2,(H2,11,13);1H. The molecular weight excluding hydrogens is 216 g/mol. The Morgan fingerprint density at radius 1 is 1.67 bits per heavy atom. The Morgan fingerprint density at radius 3 is 2.67 bits per heavy atom. The largest absolute Gasteiger partial charge is 0.366 e. The molecule has 4 nitrogen and oxygen atoms in total. The van der Waals surface area contributed by atoms with Crippen LogP contribution in [0.4, 0.5) is 0 Å². The van der Waals surface area contributed by atoms with Gasteiger partial charge in [-0.1, -0.05) is 12.7 Å². The van der Waals surface area contributed by atoms with Gasteiger partial charge in [-0.05, 0) is 6.42 Å². The molecule has 0 radical (unpaired) electrons. The molecular formula is C10H15ClN2O2. The zero-order valence-electron chi connectivity index (χ0n) is 8.44. The third-order valence-corrected chi connectivity index (χ3v) is 2.35. The van der Waals surface area contributed by atoms with E-state index in [-0.39, 0.29) is 36.3 Å². The molecule has 1 heterocycles. The summed E-state index contributed by atoms with van der Waals surface area (Å²) >= 11 is 0. The van der Waals surface area contributed by atoms with Crippen LogP contribution in [0.1, 0.15) is 6.42 Å². The minimum atomic E-state index is -0.556. The molecule has 0 aromatic carbocycles. The van der Waals surface area contributed by atoms with Crippen LogP contribution in [-0.2, 0) is 9.59 Å². The number of likely N-dealkylation sites (tertiary alicyclic amines) is 1. The smallest absolute Gasteiger partial charge is 0.245 e. The van der Waals surface area contributed by atoms with Gasteiger partial charge < -0.3 is 10.6 Å². The quantitative estimate of drug-likeness (QED) is 0.564. The predicted molar refractivity (Wildman–Crippen MR) is 60.5 cm³/mol. The fraction of sp³-hybridized carbons (Fsp3) is 0.400. The van der Waals surface area contributed by atoms with Gasteiger partial charge in [0.1, 0.15) is 0 Å². The maximum atomic E-state index is 11.6. The van der Waals surface area contributed by atoms with Crippen molar-refractivity contribution < 1.29 is 9.59 Å². The molecule has 0 bridgehead atoms. The topological polar surface area (TPSA) is 63.4 Å². The van der Waals surface area contributed by atoms with Crippen LogP contribution in [0.5, 0.6) is 0 Å². The molecule has 1 atom stereocenters. The van der Waals surface area contributed by atoms with Gasteiger partial charge in [0.15, 0.2) is 0 Å². The van der Waals surface area contributed by atoms with E-state index in [0.29, 0.717) is 6.54 Å². The first-order valence-electron chi connectivity index (χ1n) is 4.45. The molecule has 5 heteroatoms. The molecule has 0 spiro atoms. The highest BCUT2D eigenvalue weighted by Gasteiger charge is 2.29. The maximum Gasteiger partial charge on any atom is 0.245 e. The molecule has 1 saturated heterocycles. The van der Waals surface area contributed by atoms with Crippen molar-refractivity contribution in [1.82, 2.24) is 4.90 Å². The molecule has 1 fully saturated rings. The van der Waals surface area contributed by atoms with Crippen molar-refractivity contribution >= 4 is 24.2 Å². The van der Waals surface area contributed by atoms with E-state index >= 15 is 0 Å². The minimum absolute atomic E-state index is 0. The molecule has 1 rings (SSSR count). The summed E-state index contributed by atoms with van der Waals surface area (Å²) in [5.74, 6) is -0.669. The molecule has 0 aromatic heterocycles. The van der Waals surface area contributed by atoms with E-state index in [0.717, 1.165) is 6.42 Å². The Bertz CT molecular complexity index is 302. The molecule has 1 aliphatic rings. The molecule has 15 heavy (non-hydrogen) atoms. The Kier molecular flexibility index (Phi) is 5.08. The average Bonchev–Trinajstić information content (AvgIpc) is 2.47. The van der Waals surface area contributed by atoms with Gasteiger partial charge in [-0.3, -0.25) is 9.59 Å². The zero-order chi connectivity index (χ0) is 10.7. The summed E-state index contributed by atoms with van der Waals surface area (Å²) < 4.78 is 0. The summed E-state index contributed by atoms with van der Waals surface area (Å²) in [7, 11) is 0. The highest BCUT2D eigenvalue weighted by molar-refractivity contribution is 5.93. The van der Waals surface area contributed by atoms with Gasteiger partial charge in [0.25, 0.3) is 0 Å². The number of carbonyl (C=O) groups is 2. The summed E-state index contributed by atoms with van der Waals surface area (Å²) in [5.41, 5.74) is 5.30. The number of rotatable bonds is 4. The molecule has 84 valence electrons. The van der Waals surface area contributed by atoms with Crippen molar-refractivity contribution in [2.45, 2.75) is 6.42 Å². The van der Waals surface area contributed by atoms with Gasteiger partial charge in [0.2, 0.25) is 11.8 Å². The Labute approximate surface area is 95.2 Å². The normalized spacial score (nSPS) is 19.6. The van der Waals surface area contributed by atoms with Crippen molar-refractivity contribution in [2.24, 2.45) is 11.7 Å². The van der Waals surface area contributed by atoms with Crippen LogP contribution in [0.15, 0.2) is 24.8 Å². The number of amides is 2. The lowest BCUT2D eigenvalue weighted by molar-refractivity contribution is -0.129. The predicted octanol–water partition coefficient (Wildman–Crippen LogP) is 0.484. The van der Waals surface area contributed by atoms with Gasteiger partial charge in [-0.25, -0.2) is 0 Å².